The summed E-state index contributed by atoms with van der Waals surface area (Å²) in [4.78, 5) is 4.55. The average molecular weight is 605 g/mol. The molecule has 0 fully saturated rings. The number of furan rings is 2. The first-order chi connectivity index (χ1) is 28.6. The molecule has 4 heterocycles. The van der Waals surface area contributed by atoms with Gasteiger partial charge in [0.1, 0.15) is 22.3 Å². The van der Waals surface area contributed by atoms with Gasteiger partial charge in [-0.1, -0.05) is 78.6 Å². The average Bonchev–Trinajstić information content (AvgIpc) is 4.04. The molecule has 0 aliphatic rings. The van der Waals surface area contributed by atoms with E-state index in [1.807, 2.05) is 30.3 Å². The fourth-order valence-corrected chi connectivity index (χ4v) is 6.51. The van der Waals surface area contributed by atoms with E-state index in [0.717, 1.165) is 5.39 Å². The van der Waals surface area contributed by atoms with Crippen molar-refractivity contribution in [3.8, 4) is 17.1 Å². The van der Waals surface area contributed by atoms with Gasteiger partial charge in [0.25, 0.3) is 0 Å². The minimum Gasteiger partial charge on any atom is -0.455 e. The maximum atomic E-state index is 9.28. The Bertz CT molecular complexity index is 3800. The zero-order valence-corrected chi connectivity index (χ0v) is 23.2. The molecule has 7 aromatic carbocycles. The second-order valence-corrected chi connectivity index (χ2v) is 10.9. The van der Waals surface area contributed by atoms with Crippen LogP contribution in [0.2, 0.25) is 0 Å². The summed E-state index contributed by atoms with van der Waals surface area (Å²) in [6.45, 7) is 0. The van der Waals surface area contributed by atoms with Crippen molar-refractivity contribution in [2.45, 2.75) is 0 Å². The molecule has 0 aliphatic carbocycles. The molecule has 0 aliphatic heterocycles. The third kappa shape index (κ3) is 3.11. The number of rotatable bonds is 2. The van der Waals surface area contributed by atoms with Crippen LogP contribution >= 0.6 is 0 Å². The molecule has 0 unspecified atom stereocenters. The Labute approximate surface area is 280 Å². The number of fused-ring (bicyclic) bond motifs is 12. The lowest BCUT2D eigenvalue weighted by Crippen LogP contribution is -1.93. The minimum atomic E-state index is -0.565. The van der Waals surface area contributed by atoms with E-state index in [9.17, 15) is 1.37 Å². The van der Waals surface area contributed by atoms with Crippen molar-refractivity contribution in [1.82, 2.24) is 9.55 Å². The van der Waals surface area contributed by atoms with E-state index in [2.05, 4.69) is 4.98 Å². The molecule has 0 saturated heterocycles. The van der Waals surface area contributed by atoms with Gasteiger partial charge >= 0.3 is 0 Å². The highest BCUT2D eigenvalue weighted by atomic mass is 16.4. The first-order valence-electron chi connectivity index (χ1n) is 21.2. The lowest BCUT2D eigenvalue weighted by molar-refractivity contribution is 0.616. The summed E-state index contributed by atoms with van der Waals surface area (Å²) in [5, 5.41) is 2.15. The van der Waals surface area contributed by atoms with E-state index < -0.39 is 72.5 Å². The Morgan fingerprint density at radius 2 is 1.33 bits per heavy atom. The quantitative estimate of drug-likeness (QED) is 0.197. The molecule has 0 spiro atoms. The van der Waals surface area contributed by atoms with Gasteiger partial charge in [0, 0.05) is 38.0 Å². The summed E-state index contributed by atoms with van der Waals surface area (Å²) < 4.78 is 141. The SMILES string of the molecule is [2H]c1c([2H])c([2H])c2oc(-c3c4ccccc4cc4c3oc3ccc(-n5c6c([2H])c([2H])c([2H])c([2H])c6c6c([2H])c([2H])c7c(oc8c([2H])c([2H])c([2H])c([2H])c87)c65)cc34)nc2c1[2H]. The van der Waals surface area contributed by atoms with Crippen molar-refractivity contribution in [1.29, 1.82) is 0 Å². The minimum absolute atomic E-state index is 0.00729. The van der Waals surface area contributed by atoms with Crippen molar-refractivity contribution in [3.05, 3.63) is 133 Å². The van der Waals surface area contributed by atoms with Crippen LogP contribution in [-0.2, 0) is 0 Å². The van der Waals surface area contributed by atoms with Crippen LogP contribution in [0.15, 0.2) is 146 Å². The lowest BCUT2D eigenvalue weighted by atomic mass is 10.00. The van der Waals surface area contributed by atoms with Crippen molar-refractivity contribution in [2.75, 3.05) is 0 Å². The Hall–Kier alpha value is -6.33. The third-order valence-electron chi connectivity index (χ3n) is 8.45. The van der Waals surface area contributed by atoms with Gasteiger partial charge in [0.15, 0.2) is 11.2 Å². The molecule has 11 aromatic rings. The molecule has 0 amide bonds. The first kappa shape index (κ1) is 14.6. The number of hydrogen-bond donors (Lipinski definition) is 0. The van der Waals surface area contributed by atoms with Crippen molar-refractivity contribution >= 4 is 87.6 Å². The second-order valence-electron chi connectivity index (χ2n) is 10.9. The maximum absolute atomic E-state index is 9.28. The molecule has 0 N–H and O–H groups in total. The van der Waals surface area contributed by atoms with Gasteiger partial charge in [-0.05, 0) is 65.3 Å². The van der Waals surface area contributed by atoms with Gasteiger partial charge in [0.05, 0.1) is 35.8 Å². The number of aromatic nitrogens is 2. The van der Waals surface area contributed by atoms with Gasteiger partial charge in [-0.15, -0.1) is 0 Å². The van der Waals surface area contributed by atoms with Crippen molar-refractivity contribution in [2.24, 2.45) is 0 Å². The lowest BCUT2D eigenvalue weighted by Gasteiger charge is -2.08. The van der Waals surface area contributed by atoms with Crippen LogP contribution < -0.4 is 0 Å². The monoisotopic (exact) mass is 604 g/mol. The summed E-state index contributed by atoms with van der Waals surface area (Å²) in [5.41, 5.74) is 0.836. The smallest absolute Gasteiger partial charge is 0.231 e. The highest BCUT2D eigenvalue weighted by Gasteiger charge is 2.23. The van der Waals surface area contributed by atoms with Gasteiger partial charge in [-0.25, -0.2) is 4.98 Å². The molecular weight excluding hydrogens is 568 g/mol. The largest absolute Gasteiger partial charge is 0.455 e. The molecule has 11 rings (SSSR count). The predicted molar refractivity (Wildman–Crippen MR) is 186 cm³/mol. The molecule has 5 heteroatoms. The topological polar surface area (TPSA) is 57.2 Å². The van der Waals surface area contributed by atoms with E-state index >= 15 is 0 Å². The summed E-state index contributed by atoms with van der Waals surface area (Å²) in [6, 6.07) is 7.53. The molecule has 46 heavy (non-hydrogen) atoms. The van der Waals surface area contributed by atoms with Crippen LogP contribution in [0.5, 0.6) is 0 Å². The number of hydrogen-bond acceptors (Lipinski definition) is 4. The molecule has 0 atom stereocenters. The zero-order valence-electron chi connectivity index (χ0n) is 37.2. The number of para-hydroxylation sites is 4. The van der Waals surface area contributed by atoms with Gasteiger partial charge in [-0.3, -0.25) is 0 Å². The van der Waals surface area contributed by atoms with Crippen LogP contribution in [0, 0.1) is 0 Å². The van der Waals surface area contributed by atoms with Crippen LogP contribution in [0.3, 0.4) is 0 Å². The van der Waals surface area contributed by atoms with E-state index in [-0.39, 0.29) is 72.8 Å². The van der Waals surface area contributed by atoms with Crippen molar-refractivity contribution in [3.63, 3.8) is 0 Å². The van der Waals surface area contributed by atoms with E-state index in [4.69, 9.17) is 31.1 Å². The standard InChI is InChI=1S/C41H22N2O3/c1-2-10-25-23(9-1)21-31-30-22-24(17-20-35(30)44-39(31)37(25)41-42-32-13-5-8-16-36(32)46-41)43-33-14-6-3-11-26(33)28-18-19-29-27-12-4-7-15-34(27)45-40(29)38(28)43/h1-22H/i3D,4D,5D,6D,7D,8D,11D,12D,13D,14D,15D,16D,18D,19D. The van der Waals surface area contributed by atoms with Crippen LogP contribution in [0.25, 0.3) is 105 Å². The third-order valence-corrected chi connectivity index (χ3v) is 8.45. The summed E-state index contributed by atoms with van der Waals surface area (Å²) in [6.07, 6.45) is 0. The summed E-state index contributed by atoms with van der Waals surface area (Å²) in [7, 11) is 0. The first-order valence-corrected chi connectivity index (χ1v) is 14.2. The Morgan fingerprint density at radius 1 is 0.543 bits per heavy atom. The van der Waals surface area contributed by atoms with Gasteiger partial charge < -0.3 is 17.8 Å². The van der Waals surface area contributed by atoms with Crippen LogP contribution in [0.4, 0.5) is 0 Å². The normalized spacial score (nSPS) is 16.6. The Balaban J connectivity index is 1.30. The highest BCUT2D eigenvalue weighted by Crippen LogP contribution is 2.44. The van der Waals surface area contributed by atoms with Crippen LogP contribution in [-0.4, -0.2) is 9.55 Å². The molecule has 0 bridgehead atoms. The number of oxazole rings is 1. The van der Waals surface area contributed by atoms with Gasteiger partial charge in [0.2, 0.25) is 5.89 Å². The highest BCUT2D eigenvalue weighted by molar-refractivity contribution is 6.22. The fraction of sp³-hybridized carbons (Fsp3) is 0. The Kier molecular flexibility index (Phi) is 2.75. The van der Waals surface area contributed by atoms with Gasteiger partial charge in [-0.2, -0.15) is 0 Å². The fourth-order valence-electron chi connectivity index (χ4n) is 6.51. The summed E-state index contributed by atoms with van der Waals surface area (Å²) in [5.74, 6) is -0.00729. The van der Waals surface area contributed by atoms with E-state index in [1.165, 1.54) is 4.57 Å². The molecule has 0 radical (unpaired) electrons. The zero-order chi connectivity index (χ0) is 42.1. The molecule has 0 saturated carbocycles. The van der Waals surface area contributed by atoms with E-state index in [0.29, 0.717) is 38.6 Å². The Morgan fingerprint density at radius 3 is 2.28 bits per heavy atom. The number of nitrogens with zero attached hydrogens (tertiary/aromatic N) is 2. The molecular formula is C41H22N2O3. The summed E-state index contributed by atoms with van der Waals surface area (Å²) >= 11 is 0. The maximum Gasteiger partial charge on any atom is 0.231 e. The molecule has 5 nitrogen and oxygen atoms in total. The number of benzene rings is 7. The van der Waals surface area contributed by atoms with E-state index in [1.54, 1.807) is 18.2 Å². The molecule has 4 aromatic heterocycles. The van der Waals surface area contributed by atoms with Crippen LogP contribution in [0.1, 0.15) is 19.2 Å². The predicted octanol–water partition coefficient (Wildman–Crippen LogP) is 11.5. The second kappa shape index (κ2) is 8.65. The molecule has 214 valence electrons. The van der Waals surface area contributed by atoms with Crippen molar-refractivity contribution < 1.29 is 32.4 Å².